The summed E-state index contributed by atoms with van der Waals surface area (Å²) < 4.78 is 7.19. The van der Waals surface area contributed by atoms with Crippen LogP contribution >= 0.6 is 11.8 Å². The number of nitrogens with zero attached hydrogens (tertiary/aromatic N) is 3. The second kappa shape index (κ2) is 9.86. The van der Waals surface area contributed by atoms with Crippen LogP contribution in [0, 0.1) is 0 Å². The zero-order chi connectivity index (χ0) is 22.5. The molecule has 0 radical (unpaired) electrons. The van der Waals surface area contributed by atoms with Gasteiger partial charge in [0.2, 0.25) is 11.8 Å². The number of hydrogen-bond acceptors (Lipinski definition) is 6. The van der Waals surface area contributed by atoms with Crippen molar-refractivity contribution < 1.29 is 14.3 Å². The van der Waals surface area contributed by atoms with Gasteiger partial charge in [-0.3, -0.25) is 9.59 Å². The van der Waals surface area contributed by atoms with Crippen LogP contribution in [0.25, 0.3) is 0 Å². The summed E-state index contributed by atoms with van der Waals surface area (Å²) in [5, 5.41) is 11.7. The smallest absolute Gasteiger partial charge is 0.242 e. The third kappa shape index (κ3) is 5.28. The topological polar surface area (TPSA) is 112 Å². The van der Waals surface area contributed by atoms with Crippen molar-refractivity contribution >= 4 is 29.3 Å². The summed E-state index contributed by atoms with van der Waals surface area (Å²) >= 11 is 1.32. The first kappa shape index (κ1) is 21.9. The molecule has 9 heteroatoms. The average Bonchev–Trinajstić information content (AvgIpc) is 3.57. The molecule has 1 aliphatic rings. The van der Waals surface area contributed by atoms with Crippen LogP contribution in [0.15, 0.2) is 59.8 Å². The van der Waals surface area contributed by atoms with Crippen LogP contribution in [0.1, 0.15) is 41.8 Å². The summed E-state index contributed by atoms with van der Waals surface area (Å²) in [6.45, 7) is 0.398. The lowest BCUT2D eigenvalue weighted by atomic mass is 10.1. The van der Waals surface area contributed by atoms with Crippen molar-refractivity contribution in [2.75, 3.05) is 12.4 Å². The first-order valence-corrected chi connectivity index (χ1v) is 11.3. The Morgan fingerprint density at radius 3 is 2.66 bits per heavy atom. The highest BCUT2D eigenvalue weighted by Crippen LogP contribution is 2.42. The maximum Gasteiger partial charge on any atom is 0.242 e. The molecule has 1 aromatic heterocycles. The van der Waals surface area contributed by atoms with Crippen LogP contribution in [0.4, 0.5) is 5.69 Å². The molecule has 0 spiro atoms. The molecule has 166 valence electrons. The Morgan fingerprint density at radius 1 is 1.19 bits per heavy atom. The minimum atomic E-state index is -0.564. The highest BCUT2D eigenvalue weighted by molar-refractivity contribution is 8.00. The number of aromatic nitrogens is 3. The molecule has 0 aliphatic heterocycles. The van der Waals surface area contributed by atoms with Gasteiger partial charge in [-0.2, -0.15) is 0 Å². The fourth-order valence-electron chi connectivity index (χ4n) is 3.38. The molecule has 4 rings (SSSR count). The van der Waals surface area contributed by atoms with Crippen molar-refractivity contribution in [2.24, 2.45) is 5.73 Å². The summed E-state index contributed by atoms with van der Waals surface area (Å²) in [4.78, 5) is 24.7. The Bertz CT molecular complexity index is 1100. The molecule has 1 fully saturated rings. The molecule has 3 aromatic rings. The van der Waals surface area contributed by atoms with Crippen molar-refractivity contribution in [1.82, 2.24) is 14.8 Å². The number of methoxy groups -OCH3 is 1. The summed E-state index contributed by atoms with van der Waals surface area (Å²) in [5.74, 6) is 1.30. The maximum absolute atomic E-state index is 13.3. The normalized spacial score (nSPS) is 14.0. The van der Waals surface area contributed by atoms with E-state index in [0.717, 1.165) is 24.2 Å². The Balaban J connectivity index is 1.61. The van der Waals surface area contributed by atoms with E-state index in [9.17, 15) is 9.59 Å². The summed E-state index contributed by atoms with van der Waals surface area (Å²) in [7, 11) is 1.58. The van der Waals surface area contributed by atoms with Crippen molar-refractivity contribution in [1.29, 1.82) is 0 Å². The van der Waals surface area contributed by atoms with Gasteiger partial charge in [-0.1, -0.05) is 48.2 Å². The quantitative estimate of drug-likeness (QED) is 0.456. The molecule has 1 unspecified atom stereocenters. The molecule has 1 aliphatic carbocycles. The zero-order valence-electron chi connectivity index (χ0n) is 17.7. The van der Waals surface area contributed by atoms with Crippen LogP contribution in [-0.2, 0) is 16.1 Å². The molecule has 2 amide bonds. The number of carbonyl (C=O) groups is 2. The first-order chi connectivity index (χ1) is 15.5. The maximum atomic E-state index is 13.3. The van der Waals surface area contributed by atoms with E-state index < -0.39 is 5.25 Å². The van der Waals surface area contributed by atoms with E-state index in [4.69, 9.17) is 10.5 Å². The lowest BCUT2D eigenvalue weighted by molar-refractivity contribution is -0.118. The number of benzene rings is 2. The fraction of sp³-hybridized carbons (Fsp3) is 0.304. The summed E-state index contributed by atoms with van der Waals surface area (Å²) in [6, 6.07) is 16.7. The number of amides is 2. The third-order valence-corrected chi connectivity index (χ3v) is 6.41. The van der Waals surface area contributed by atoms with Gasteiger partial charge in [0.05, 0.1) is 7.11 Å². The number of thioether (sulfide) groups is 1. The molecule has 2 aromatic carbocycles. The predicted molar refractivity (Wildman–Crippen MR) is 122 cm³/mol. The zero-order valence-corrected chi connectivity index (χ0v) is 18.5. The minimum Gasteiger partial charge on any atom is -0.497 e. The molecule has 1 saturated carbocycles. The summed E-state index contributed by atoms with van der Waals surface area (Å²) in [5.41, 5.74) is 6.86. The van der Waals surface area contributed by atoms with Crippen LogP contribution in [-0.4, -0.2) is 33.7 Å². The number of rotatable bonds is 10. The molecular formula is C23H25N5O3S. The monoisotopic (exact) mass is 451 g/mol. The second-order valence-electron chi connectivity index (χ2n) is 7.61. The number of hydrogen-bond donors (Lipinski definition) is 2. The molecule has 32 heavy (non-hydrogen) atoms. The van der Waals surface area contributed by atoms with E-state index in [2.05, 4.69) is 15.5 Å². The summed E-state index contributed by atoms with van der Waals surface area (Å²) in [6.07, 6.45) is 2.30. The van der Waals surface area contributed by atoms with Crippen LogP contribution < -0.4 is 15.8 Å². The van der Waals surface area contributed by atoms with E-state index in [1.165, 1.54) is 11.8 Å². The Labute approximate surface area is 190 Å². The lowest BCUT2D eigenvalue weighted by Crippen LogP contribution is -2.20. The van der Waals surface area contributed by atoms with Crippen LogP contribution in [0.2, 0.25) is 0 Å². The Hall–Kier alpha value is -3.33. The van der Waals surface area contributed by atoms with Crippen molar-refractivity contribution in [3.05, 3.63) is 66.0 Å². The van der Waals surface area contributed by atoms with E-state index >= 15 is 0 Å². The number of carbonyl (C=O) groups excluding carboxylic acids is 2. The minimum absolute atomic E-state index is 0.188. The van der Waals surface area contributed by atoms with Gasteiger partial charge < -0.3 is 20.4 Å². The van der Waals surface area contributed by atoms with Gasteiger partial charge in [-0.15, -0.1) is 10.2 Å². The van der Waals surface area contributed by atoms with Crippen molar-refractivity contribution in [3.8, 4) is 5.75 Å². The Morgan fingerprint density at radius 2 is 1.97 bits per heavy atom. The number of nitrogens with one attached hydrogen (secondary N) is 1. The Kier molecular flexibility index (Phi) is 6.75. The van der Waals surface area contributed by atoms with Crippen LogP contribution in [0.5, 0.6) is 5.75 Å². The van der Waals surface area contributed by atoms with Crippen LogP contribution in [0.3, 0.4) is 0 Å². The highest BCUT2D eigenvalue weighted by Gasteiger charge is 2.32. The largest absolute Gasteiger partial charge is 0.497 e. The number of anilines is 1. The van der Waals surface area contributed by atoms with E-state index in [1.807, 2.05) is 53.1 Å². The molecule has 1 heterocycles. The van der Waals surface area contributed by atoms with Gasteiger partial charge in [-0.25, -0.2) is 0 Å². The van der Waals surface area contributed by atoms with Gasteiger partial charge >= 0.3 is 0 Å². The standard InChI is InChI=1S/C23H25N5O3S/c1-31-18-9-5-8-17(14-18)25-22(30)20(15-6-3-2-4-7-15)32-23-27-26-21(16-10-11-16)28(23)13-12-19(24)29/h2-9,14,16,20H,10-13H2,1H3,(H2,24,29)(H,25,30). The van der Waals surface area contributed by atoms with Gasteiger partial charge in [0.15, 0.2) is 5.16 Å². The van der Waals surface area contributed by atoms with Gasteiger partial charge in [0, 0.05) is 30.6 Å². The number of primary amides is 1. The SMILES string of the molecule is COc1cccc(NC(=O)C(Sc2nnc(C3CC3)n2CCC(N)=O)c2ccccc2)c1. The average molecular weight is 452 g/mol. The fourth-order valence-corrected chi connectivity index (χ4v) is 4.45. The van der Waals surface area contributed by atoms with Crippen molar-refractivity contribution in [2.45, 2.75) is 42.1 Å². The lowest BCUT2D eigenvalue weighted by Gasteiger charge is -2.18. The number of nitrogens with two attached hydrogens (primary N) is 1. The predicted octanol–water partition coefficient (Wildman–Crippen LogP) is 3.51. The molecule has 8 nitrogen and oxygen atoms in total. The highest BCUT2D eigenvalue weighted by atomic mass is 32.2. The van der Waals surface area contributed by atoms with Gasteiger partial charge in [0.1, 0.15) is 16.8 Å². The molecule has 0 bridgehead atoms. The van der Waals surface area contributed by atoms with Gasteiger partial charge in [-0.05, 0) is 30.5 Å². The van der Waals surface area contributed by atoms with E-state index in [-0.39, 0.29) is 18.2 Å². The number of ether oxygens (including phenoxy) is 1. The van der Waals surface area contributed by atoms with Crippen molar-refractivity contribution in [3.63, 3.8) is 0 Å². The third-order valence-electron chi connectivity index (χ3n) is 5.17. The molecule has 1 atom stereocenters. The second-order valence-corrected chi connectivity index (χ2v) is 8.69. The van der Waals surface area contributed by atoms with E-state index in [0.29, 0.717) is 29.1 Å². The molecular weight excluding hydrogens is 426 g/mol. The van der Waals surface area contributed by atoms with E-state index in [1.54, 1.807) is 13.2 Å². The first-order valence-electron chi connectivity index (χ1n) is 10.4. The van der Waals surface area contributed by atoms with Gasteiger partial charge in [0.25, 0.3) is 0 Å². The molecule has 3 N–H and O–H groups in total. The molecule has 0 saturated heterocycles.